The minimum Gasteiger partial charge on any atom is -0.381 e. The van der Waals surface area contributed by atoms with Crippen LogP contribution in [0.25, 0.3) is 0 Å². The van der Waals surface area contributed by atoms with Crippen LogP contribution in [0.3, 0.4) is 0 Å². The summed E-state index contributed by atoms with van der Waals surface area (Å²) in [5.74, 6) is 0.766. The molecule has 1 amide bonds. The van der Waals surface area contributed by atoms with Crippen molar-refractivity contribution in [3.05, 3.63) is 0 Å². The van der Waals surface area contributed by atoms with E-state index in [0.29, 0.717) is 5.92 Å². The maximum absolute atomic E-state index is 12.0. The lowest BCUT2D eigenvalue weighted by atomic mass is 10.0. The van der Waals surface area contributed by atoms with Crippen LogP contribution in [0.15, 0.2) is 0 Å². The van der Waals surface area contributed by atoms with Gasteiger partial charge < -0.3 is 15.0 Å². The highest BCUT2D eigenvalue weighted by Gasteiger charge is 2.20. The standard InChI is InChI=1S/C13H26N2O2/c1-4-15(5-2)13(16)11(3)14-9-12-7-6-8-17-10-12/h11-12,14H,4-10H2,1-3H3. The van der Waals surface area contributed by atoms with Crippen molar-refractivity contribution in [2.24, 2.45) is 5.92 Å². The molecule has 1 aliphatic heterocycles. The van der Waals surface area contributed by atoms with E-state index < -0.39 is 0 Å². The lowest BCUT2D eigenvalue weighted by Crippen LogP contribution is -2.46. The first kappa shape index (κ1) is 14.5. The number of hydrogen-bond donors (Lipinski definition) is 1. The Balaban J connectivity index is 2.27. The van der Waals surface area contributed by atoms with Crippen LogP contribution in [-0.4, -0.2) is 49.7 Å². The quantitative estimate of drug-likeness (QED) is 0.762. The minimum absolute atomic E-state index is 0.0863. The molecule has 1 rings (SSSR count). The van der Waals surface area contributed by atoms with Gasteiger partial charge in [0.25, 0.3) is 0 Å². The van der Waals surface area contributed by atoms with Gasteiger partial charge in [0.2, 0.25) is 5.91 Å². The molecule has 2 unspecified atom stereocenters. The number of nitrogens with zero attached hydrogens (tertiary/aromatic N) is 1. The zero-order valence-electron chi connectivity index (χ0n) is 11.4. The topological polar surface area (TPSA) is 41.6 Å². The van der Waals surface area contributed by atoms with Crippen molar-refractivity contribution in [2.45, 2.75) is 39.7 Å². The van der Waals surface area contributed by atoms with Gasteiger partial charge in [-0.25, -0.2) is 0 Å². The normalized spacial score (nSPS) is 22.2. The zero-order chi connectivity index (χ0) is 12.7. The zero-order valence-corrected chi connectivity index (χ0v) is 11.4. The third-order valence-corrected chi connectivity index (χ3v) is 3.41. The number of likely N-dealkylation sites (N-methyl/N-ethyl adjacent to an activating group) is 1. The SMILES string of the molecule is CCN(CC)C(=O)C(C)NCC1CCCOC1. The average molecular weight is 242 g/mol. The predicted octanol–water partition coefficient (Wildman–Crippen LogP) is 1.26. The summed E-state index contributed by atoms with van der Waals surface area (Å²) in [5, 5.41) is 3.33. The van der Waals surface area contributed by atoms with Crippen LogP contribution in [-0.2, 0) is 9.53 Å². The monoisotopic (exact) mass is 242 g/mol. The Kier molecular flexibility index (Phi) is 6.52. The highest BCUT2D eigenvalue weighted by molar-refractivity contribution is 5.81. The number of nitrogens with one attached hydrogen (secondary N) is 1. The molecule has 1 heterocycles. The van der Waals surface area contributed by atoms with E-state index in [1.165, 1.54) is 6.42 Å². The smallest absolute Gasteiger partial charge is 0.239 e. The van der Waals surface area contributed by atoms with Crippen LogP contribution < -0.4 is 5.32 Å². The van der Waals surface area contributed by atoms with E-state index >= 15 is 0 Å². The van der Waals surface area contributed by atoms with Gasteiger partial charge in [0.1, 0.15) is 0 Å². The summed E-state index contributed by atoms with van der Waals surface area (Å²) in [5.41, 5.74) is 0. The number of carbonyl (C=O) groups excluding carboxylic acids is 1. The summed E-state index contributed by atoms with van der Waals surface area (Å²) < 4.78 is 5.43. The molecule has 1 fully saturated rings. The molecule has 1 N–H and O–H groups in total. The van der Waals surface area contributed by atoms with Crippen LogP contribution in [0.1, 0.15) is 33.6 Å². The van der Waals surface area contributed by atoms with E-state index in [-0.39, 0.29) is 11.9 Å². The fourth-order valence-corrected chi connectivity index (χ4v) is 2.21. The maximum atomic E-state index is 12.0. The molecular formula is C13H26N2O2. The molecule has 4 nitrogen and oxygen atoms in total. The summed E-state index contributed by atoms with van der Waals surface area (Å²) in [6.45, 7) is 10.2. The van der Waals surface area contributed by atoms with Gasteiger partial charge in [-0.15, -0.1) is 0 Å². The summed E-state index contributed by atoms with van der Waals surface area (Å²) in [6.07, 6.45) is 2.35. The third-order valence-electron chi connectivity index (χ3n) is 3.41. The van der Waals surface area contributed by atoms with Crippen molar-refractivity contribution >= 4 is 5.91 Å². The molecule has 0 aromatic heterocycles. The Morgan fingerprint density at radius 1 is 1.47 bits per heavy atom. The average Bonchev–Trinajstić information content (AvgIpc) is 2.38. The molecule has 1 saturated heterocycles. The number of hydrogen-bond acceptors (Lipinski definition) is 3. The first-order valence-electron chi connectivity index (χ1n) is 6.78. The number of amides is 1. The number of rotatable bonds is 6. The fraction of sp³-hybridized carbons (Fsp3) is 0.923. The molecule has 1 aliphatic rings. The molecule has 0 spiro atoms. The van der Waals surface area contributed by atoms with E-state index in [2.05, 4.69) is 5.32 Å². The van der Waals surface area contributed by atoms with E-state index in [4.69, 9.17) is 4.74 Å². The summed E-state index contributed by atoms with van der Waals surface area (Å²) in [4.78, 5) is 13.9. The molecule has 4 heteroatoms. The van der Waals surface area contributed by atoms with Crippen LogP contribution >= 0.6 is 0 Å². The van der Waals surface area contributed by atoms with E-state index in [1.807, 2.05) is 25.7 Å². The van der Waals surface area contributed by atoms with Gasteiger partial charge in [-0.1, -0.05) is 0 Å². The van der Waals surface area contributed by atoms with Crippen LogP contribution in [0.2, 0.25) is 0 Å². The predicted molar refractivity (Wildman–Crippen MR) is 68.9 cm³/mol. The van der Waals surface area contributed by atoms with Crippen molar-refractivity contribution in [3.63, 3.8) is 0 Å². The van der Waals surface area contributed by atoms with Crippen LogP contribution in [0.5, 0.6) is 0 Å². The Morgan fingerprint density at radius 2 is 2.18 bits per heavy atom. The van der Waals surface area contributed by atoms with Gasteiger partial charge in [0, 0.05) is 26.2 Å². The Bertz CT molecular complexity index is 223. The minimum atomic E-state index is -0.0863. The second kappa shape index (κ2) is 7.67. The molecule has 0 aliphatic carbocycles. The lowest BCUT2D eigenvalue weighted by Gasteiger charge is -2.27. The second-order valence-corrected chi connectivity index (χ2v) is 4.72. The second-order valence-electron chi connectivity index (χ2n) is 4.72. The third kappa shape index (κ3) is 4.64. The largest absolute Gasteiger partial charge is 0.381 e. The van der Waals surface area contributed by atoms with Crippen LogP contribution in [0, 0.1) is 5.92 Å². The van der Waals surface area contributed by atoms with Crippen molar-refractivity contribution < 1.29 is 9.53 Å². The number of ether oxygens (including phenoxy) is 1. The van der Waals surface area contributed by atoms with E-state index in [0.717, 1.165) is 39.3 Å². The van der Waals surface area contributed by atoms with Gasteiger partial charge in [0.05, 0.1) is 12.6 Å². The van der Waals surface area contributed by atoms with Crippen molar-refractivity contribution in [3.8, 4) is 0 Å². The Hall–Kier alpha value is -0.610. The summed E-state index contributed by atoms with van der Waals surface area (Å²) >= 11 is 0. The van der Waals surface area contributed by atoms with E-state index in [1.54, 1.807) is 0 Å². The molecule has 0 saturated carbocycles. The highest BCUT2D eigenvalue weighted by atomic mass is 16.5. The first-order chi connectivity index (χ1) is 8.19. The fourth-order valence-electron chi connectivity index (χ4n) is 2.21. The molecule has 0 aromatic rings. The Labute approximate surface area is 105 Å². The molecule has 0 radical (unpaired) electrons. The van der Waals surface area contributed by atoms with Gasteiger partial charge in [-0.2, -0.15) is 0 Å². The molecule has 17 heavy (non-hydrogen) atoms. The molecule has 2 atom stereocenters. The molecule has 100 valence electrons. The van der Waals surface area contributed by atoms with Crippen molar-refractivity contribution in [1.82, 2.24) is 10.2 Å². The van der Waals surface area contributed by atoms with Gasteiger partial charge >= 0.3 is 0 Å². The van der Waals surface area contributed by atoms with Crippen LogP contribution in [0.4, 0.5) is 0 Å². The number of carbonyl (C=O) groups is 1. The maximum Gasteiger partial charge on any atom is 0.239 e. The molecule has 0 aromatic carbocycles. The summed E-state index contributed by atoms with van der Waals surface area (Å²) in [6, 6.07) is -0.0863. The van der Waals surface area contributed by atoms with Gasteiger partial charge in [-0.05, 0) is 39.5 Å². The highest BCUT2D eigenvalue weighted by Crippen LogP contribution is 2.12. The molecule has 0 bridgehead atoms. The lowest BCUT2D eigenvalue weighted by molar-refractivity contribution is -0.132. The van der Waals surface area contributed by atoms with E-state index in [9.17, 15) is 4.79 Å². The Morgan fingerprint density at radius 3 is 2.71 bits per heavy atom. The van der Waals surface area contributed by atoms with Crippen molar-refractivity contribution in [2.75, 3.05) is 32.8 Å². The summed E-state index contributed by atoms with van der Waals surface area (Å²) in [7, 11) is 0. The first-order valence-corrected chi connectivity index (χ1v) is 6.78. The van der Waals surface area contributed by atoms with Gasteiger partial charge in [0.15, 0.2) is 0 Å². The van der Waals surface area contributed by atoms with Gasteiger partial charge in [-0.3, -0.25) is 4.79 Å². The van der Waals surface area contributed by atoms with Crippen molar-refractivity contribution in [1.29, 1.82) is 0 Å². The molecular weight excluding hydrogens is 216 g/mol.